The molecule has 0 radical (unpaired) electrons. The van der Waals surface area contributed by atoms with Gasteiger partial charge < -0.3 is 0 Å². The second kappa shape index (κ2) is 6.33. The van der Waals surface area contributed by atoms with Gasteiger partial charge in [0.2, 0.25) is 0 Å². The molecule has 0 nitrogen and oxygen atoms in total. The van der Waals surface area contributed by atoms with Crippen LogP contribution in [0.1, 0.15) is 19.9 Å². The molecule has 0 saturated heterocycles. The van der Waals surface area contributed by atoms with Gasteiger partial charge in [-0.3, -0.25) is 0 Å². The van der Waals surface area contributed by atoms with Crippen molar-refractivity contribution in [3.8, 4) is 11.1 Å². The fourth-order valence-corrected chi connectivity index (χ4v) is 3.48. The summed E-state index contributed by atoms with van der Waals surface area (Å²) in [5.41, 5.74) is 3.74. The summed E-state index contributed by atoms with van der Waals surface area (Å²) in [4.78, 5) is 0. The summed E-state index contributed by atoms with van der Waals surface area (Å²) in [7, 11) is 0. The van der Waals surface area contributed by atoms with E-state index in [1.165, 1.54) is 43.5 Å². The van der Waals surface area contributed by atoms with Crippen molar-refractivity contribution < 1.29 is 0 Å². The Bertz CT molecular complexity index is 1070. The zero-order chi connectivity index (χ0) is 15.8. The van der Waals surface area contributed by atoms with Crippen LogP contribution in [0.2, 0.25) is 0 Å². The molecule has 0 amide bonds. The third-order valence-corrected chi connectivity index (χ3v) is 4.59. The molecule has 4 rings (SSSR count). The van der Waals surface area contributed by atoms with E-state index in [-0.39, 0.29) is 7.43 Å². The molecule has 0 saturated carbocycles. The van der Waals surface area contributed by atoms with Gasteiger partial charge in [-0.05, 0) is 50.4 Å². The number of hydrogen-bond acceptors (Lipinski definition) is 0. The maximum atomic E-state index is 4.00. The Kier molecular flexibility index (Phi) is 4.22. The first kappa shape index (κ1) is 16.0. The summed E-state index contributed by atoms with van der Waals surface area (Å²) in [5.74, 6) is 0. The summed E-state index contributed by atoms with van der Waals surface area (Å²) < 4.78 is 0. The van der Waals surface area contributed by atoms with Gasteiger partial charge in [0, 0.05) is 0 Å². The third-order valence-electron chi connectivity index (χ3n) is 4.59. The average molecular weight is 310 g/mol. The van der Waals surface area contributed by atoms with Crippen molar-refractivity contribution in [2.24, 2.45) is 0 Å². The minimum absolute atomic E-state index is 0. The Morgan fingerprint density at radius 1 is 0.792 bits per heavy atom. The lowest BCUT2D eigenvalue weighted by atomic mass is 9.90. The predicted molar refractivity (Wildman–Crippen MR) is 109 cm³/mol. The van der Waals surface area contributed by atoms with E-state index in [1.54, 1.807) is 0 Å². The van der Waals surface area contributed by atoms with E-state index in [0.29, 0.717) is 0 Å². The van der Waals surface area contributed by atoms with Gasteiger partial charge in [-0.2, -0.15) is 0 Å². The highest BCUT2D eigenvalue weighted by atomic mass is 14.1. The molecule has 0 spiro atoms. The summed E-state index contributed by atoms with van der Waals surface area (Å²) in [6, 6.07) is 23.9. The molecule has 0 atom stereocenters. The topological polar surface area (TPSA) is 0 Å². The molecule has 0 fully saturated rings. The fourth-order valence-electron chi connectivity index (χ4n) is 3.48. The van der Waals surface area contributed by atoms with Crippen molar-refractivity contribution in [2.45, 2.75) is 14.4 Å². The van der Waals surface area contributed by atoms with Gasteiger partial charge >= 0.3 is 0 Å². The van der Waals surface area contributed by atoms with Crippen molar-refractivity contribution in [3.63, 3.8) is 0 Å². The van der Waals surface area contributed by atoms with Gasteiger partial charge in [0.15, 0.2) is 0 Å². The van der Waals surface area contributed by atoms with Crippen LogP contribution in [0, 0.1) is 0 Å². The van der Waals surface area contributed by atoms with Gasteiger partial charge in [0.05, 0.1) is 0 Å². The van der Waals surface area contributed by atoms with Crippen molar-refractivity contribution in [1.82, 2.24) is 0 Å². The van der Waals surface area contributed by atoms with Crippen LogP contribution in [0.15, 0.2) is 73.3 Å². The SMILES string of the molecule is C.C=Cc1ccc2c(-c3ccccc3)ccc3cc/c(=C/C)c1c32. The standard InChI is InChI=1S/C23H18.CH4/c1-3-16-10-11-19-13-14-20(18-8-6-5-7-9-18)21-15-12-17(4-2)22(16)23(19)21;/h3-15H,2H2,1H3;1H4/b16-3-;. The molecule has 4 aromatic rings. The number of benzene rings is 4. The van der Waals surface area contributed by atoms with E-state index < -0.39 is 0 Å². The molecule has 0 bridgehead atoms. The molecule has 0 aromatic heterocycles. The number of rotatable bonds is 2. The van der Waals surface area contributed by atoms with Crippen LogP contribution in [0.4, 0.5) is 0 Å². The van der Waals surface area contributed by atoms with Crippen molar-refractivity contribution in [1.29, 1.82) is 0 Å². The minimum atomic E-state index is 0. The lowest BCUT2D eigenvalue weighted by Gasteiger charge is -2.13. The summed E-state index contributed by atoms with van der Waals surface area (Å²) in [6.07, 6.45) is 4.13. The Morgan fingerprint density at radius 2 is 1.54 bits per heavy atom. The van der Waals surface area contributed by atoms with E-state index in [4.69, 9.17) is 0 Å². The quantitative estimate of drug-likeness (QED) is 0.398. The van der Waals surface area contributed by atoms with Crippen LogP contribution in [-0.4, -0.2) is 0 Å². The Labute approximate surface area is 143 Å². The van der Waals surface area contributed by atoms with Gasteiger partial charge in [-0.1, -0.05) is 92.9 Å². The minimum Gasteiger partial charge on any atom is -0.0984 e. The molecular weight excluding hydrogens is 288 g/mol. The molecule has 0 unspecified atom stereocenters. The van der Waals surface area contributed by atoms with Crippen LogP contribution in [-0.2, 0) is 0 Å². The Morgan fingerprint density at radius 3 is 2.25 bits per heavy atom. The van der Waals surface area contributed by atoms with Crippen LogP contribution >= 0.6 is 0 Å². The maximum absolute atomic E-state index is 4.00. The third kappa shape index (κ3) is 2.32. The lowest BCUT2D eigenvalue weighted by Crippen LogP contribution is -2.03. The Hall–Kier alpha value is -2.86. The van der Waals surface area contributed by atoms with Crippen molar-refractivity contribution in [2.75, 3.05) is 0 Å². The Balaban J connectivity index is 0.00000169. The first-order valence-electron chi connectivity index (χ1n) is 7.96. The van der Waals surface area contributed by atoms with E-state index >= 15 is 0 Å². The first-order valence-corrected chi connectivity index (χ1v) is 7.96. The molecule has 4 aromatic carbocycles. The first-order chi connectivity index (χ1) is 11.3. The monoisotopic (exact) mass is 310 g/mol. The highest BCUT2D eigenvalue weighted by molar-refractivity contribution is 6.17. The largest absolute Gasteiger partial charge is 0.0984 e. The van der Waals surface area contributed by atoms with Crippen molar-refractivity contribution in [3.05, 3.63) is 84.1 Å². The average Bonchev–Trinajstić information content (AvgIpc) is 2.63. The zero-order valence-corrected chi connectivity index (χ0v) is 13.2. The molecular formula is C24H22. The normalized spacial score (nSPS) is 11.6. The van der Waals surface area contributed by atoms with E-state index in [1.807, 2.05) is 6.08 Å². The fraction of sp³-hybridized carbons (Fsp3) is 0.0833. The summed E-state index contributed by atoms with van der Waals surface area (Å²) in [5, 5.41) is 6.49. The van der Waals surface area contributed by atoms with Gasteiger partial charge in [0.25, 0.3) is 0 Å². The van der Waals surface area contributed by atoms with E-state index in [0.717, 1.165) is 0 Å². The van der Waals surface area contributed by atoms with Crippen LogP contribution in [0.3, 0.4) is 0 Å². The van der Waals surface area contributed by atoms with Crippen LogP contribution in [0.25, 0.3) is 44.8 Å². The molecule has 118 valence electrons. The molecule has 0 heterocycles. The summed E-state index contributed by atoms with van der Waals surface area (Å²) >= 11 is 0. The lowest BCUT2D eigenvalue weighted by molar-refractivity contribution is 1.63. The second-order valence-corrected chi connectivity index (χ2v) is 5.80. The van der Waals surface area contributed by atoms with E-state index in [2.05, 4.69) is 86.3 Å². The number of hydrogen-bond donors (Lipinski definition) is 0. The van der Waals surface area contributed by atoms with E-state index in [9.17, 15) is 0 Å². The second-order valence-electron chi connectivity index (χ2n) is 5.80. The van der Waals surface area contributed by atoms with Crippen LogP contribution < -0.4 is 5.22 Å². The molecule has 0 aliphatic rings. The highest BCUT2D eigenvalue weighted by Gasteiger charge is 2.10. The zero-order valence-electron chi connectivity index (χ0n) is 13.2. The maximum Gasteiger partial charge on any atom is -0.00207 e. The van der Waals surface area contributed by atoms with Gasteiger partial charge in [0.1, 0.15) is 0 Å². The van der Waals surface area contributed by atoms with Crippen LogP contribution in [0.5, 0.6) is 0 Å². The molecule has 0 heteroatoms. The van der Waals surface area contributed by atoms with Gasteiger partial charge in [-0.15, -0.1) is 0 Å². The molecule has 0 aliphatic heterocycles. The van der Waals surface area contributed by atoms with Gasteiger partial charge in [-0.25, -0.2) is 0 Å². The molecule has 0 aliphatic carbocycles. The smallest absolute Gasteiger partial charge is 0.00207 e. The predicted octanol–water partition coefficient (Wildman–Crippen LogP) is 6.46. The summed E-state index contributed by atoms with van der Waals surface area (Å²) in [6.45, 7) is 6.09. The highest BCUT2D eigenvalue weighted by Crippen LogP contribution is 2.35. The van der Waals surface area contributed by atoms with Crippen molar-refractivity contribution >= 4 is 33.7 Å². The molecule has 0 N–H and O–H groups in total. The molecule has 24 heavy (non-hydrogen) atoms.